The van der Waals surface area contributed by atoms with Crippen LogP contribution in [-0.2, 0) is 4.74 Å². The lowest BCUT2D eigenvalue weighted by molar-refractivity contribution is 0.0323. The summed E-state index contributed by atoms with van der Waals surface area (Å²) in [7, 11) is 0. The summed E-state index contributed by atoms with van der Waals surface area (Å²) in [6.45, 7) is 12.3. The van der Waals surface area contributed by atoms with Gasteiger partial charge in [-0.15, -0.1) is 0 Å². The fraction of sp³-hybridized carbons (Fsp3) is 0.909. The highest BCUT2D eigenvalue weighted by molar-refractivity contribution is 5.64. The topological polar surface area (TPSA) is 24.8 Å². The Labute approximate surface area is 87.2 Å². The van der Waals surface area contributed by atoms with Gasteiger partial charge in [0, 0.05) is 25.3 Å². The van der Waals surface area contributed by atoms with Gasteiger partial charge in [0.1, 0.15) is 0 Å². The van der Waals surface area contributed by atoms with Crippen molar-refractivity contribution < 1.29 is 4.74 Å². The van der Waals surface area contributed by atoms with E-state index in [1.807, 2.05) is 0 Å². The molecule has 0 spiro atoms. The molecule has 0 saturated carbocycles. The van der Waals surface area contributed by atoms with Gasteiger partial charge in [0.05, 0.1) is 18.8 Å². The molecular formula is C11H22N2O. The SMILES string of the molecule is CC(/C=N/C(C)(C)C)N1CCOCC1. The summed E-state index contributed by atoms with van der Waals surface area (Å²) in [5.74, 6) is 0. The monoisotopic (exact) mass is 198 g/mol. The molecular weight excluding hydrogens is 176 g/mol. The average molecular weight is 198 g/mol. The molecule has 0 N–H and O–H groups in total. The molecule has 1 aliphatic heterocycles. The molecule has 0 amide bonds. The van der Waals surface area contributed by atoms with Crippen LogP contribution in [0.15, 0.2) is 4.99 Å². The molecule has 0 radical (unpaired) electrons. The van der Waals surface area contributed by atoms with Crippen molar-refractivity contribution in [2.45, 2.75) is 39.3 Å². The van der Waals surface area contributed by atoms with Crippen LogP contribution in [0.25, 0.3) is 0 Å². The second-order valence-electron chi connectivity index (χ2n) is 4.84. The van der Waals surface area contributed by atoms with E-state index in [-0.39, 0.29) is 5.54 Å². The minimum atomic E-state index is 0.0422. The lowest BCUT2D eigenvalue weighted by Gasteiger charge is -2.30. The van der Waals surface area contributed by atoms with E-state index < -0.39 is 0 Å². The van der Waals surface area contributed by atoms with Gasteiger partial charge in [-0.1, -0.05) is 0 Å². The van der Waals surface area contributed by atoms with E-state index in [9.17, 15) is 0 Å². The summed E-state index contributed by atoms with van der Waals surface area (Å²) in [6, 6.07) is 0.429. The Balaban J connectivity index is 2.40. The van der Waals surface area contributed by atoms with Gasteiger partial charge in [0.2, 0.25) is 0 Å². The Morgan fingerprint density at radius 1 is 1.29 bits per heavy atom. The Morgan fingerprint density at radius 2 is 1.86 bits per heavy atom. The number of hydrogen-bond acceptors (Lipinski definition) is 3. The maximum Gasteiger partial charge on any atom is 0.0594 e. The average Bonchev–Trinajstić information content (AvgIpc) is 2.14. The molecule has 82 valence electrons. The minimum absolute atomic E-state index is 0.0422. The van der Waals surface area contributed by atoms with Crippen LogP contribution in [0.4, 0.5) is 0 Å². The first-order chi connectivity index (χ1) is 6.49. The first-order valence-electron chi connectivity index (χ1n) is 5.36. The first kappa shape index (κ1) is 11.7. The van der Waals surface area contributed by atoms with E-state index in [0.29, 0.717) is 6.04 Å². The standard InChI is InChI=1S/C11H22N2O/c1-10(9-12-11(2,3)4)13-5-7-14-8-6-13/h9-10H,5-8H2,1-4H3/b12-9+. The highest BCUT2D eigenvalue weighted by Gasteiger charge is 2.16. The number of morpholine rings is 1. The Kier molecular flexibility index (Phi) is 4.08. The summed E-state index contributed by atoms with van der Waals surface area (Å²) < 4.78 is 5.31. The second kappa shape index (κ2) is 4.89. The van der Waals surface area contributed by atoms with Gasteiger partial charge in [-0.05, 0) is 27.7 Å². The molecule has 1 aliphatic rings. The van der Waals surface area contributed by atoms with E-state index in [0.717, 1.165) is 26.3 Å². The van der Waals surface area contributed by atoms with Crippen LogP contribution < -0.4 is 0 Å². The predicted octanol–water partition coefficient (Wildman–Crippen LogP) is 1.58. The predicted molar refractivity (Wildman–Crippen MR) is 60.1 cm³/mol. The molecule has 1 heterocycles. The van der Waals surface area contributed by atoms with Crippen molar-refractivity contribution in [1.82, 2.24) is 4.90 Å². The van der Waals surface area contributed by atoms with Crippen molar-refractivity contribution in [2.24, 2.45) is 4.99 Å². The Hall–Kier alpha value is -0.410. The third kappa shape index (κ3) is 4.20. The molecule has 0 aromatic heterocycles. The number of hydrogen-bond donors (Lipinski definition) is 0. The van der Waals surface area contributed by atoms with Crippen LogP contribution in [-0.4, -0.2) is 49.0 Å². The van der Waals surface area contributed by atoms with Crippen LogP contribution in [0.3, 0.4) is 0 Å². The molecule has 0 aromatic carbocycles. The molecule has 0 aromatic rings. The van der Waals surface area contributed by atoms with E-state index in [4.69, 9.17) is 4.74 Å². The van der Waals surface area contributed by atoms with Crippen molar-refractivity contribution >= 4 is 6.21 Å². The Bertz CT molecular complexity index is 190. The summed E-state index contributed by atoms with van der Waals surface area (Å²) in [5.41, 5.74) is 0.0422. The van der Waals surface area contributed by atoms with Gasteiger partial charge in [0.15, 0.2) is 0 Å². The third-order valence-corrected chi connectivity index (χ3v) is 2.30. The summed E-state index contributed by atoms with van der Waals surface area (Å²) in [5, 5.41) is 0. The third-order valence-electron chi connectivity index (χ3n) is 2.30. The van der Waals surface area contributed by atoms with Gasteiger partial charge in [-0.3, -0.25) is 9.89 Å². The lowest BCUT2D eigenvalue weighted by atomic mass is 10.1. The highest BCUT2D eigenvalue weighted by Crippen LogP contribution is 2.07. The molecule has 14 heavy (non-hydrogen) atoms. The maximum absolute atomic E-state index is 5.31. The van der Waals surface area contributed by atoms with E-state index >= 15 is 0 Å². The molecule has 1 rings (SSSR count). The molecule has 1 saturated heterocycles. The van der Waals surface area contributed by atoms with Crippen LogP contribution in [0.2, 0.25) is 0 Å². The number of aliphatic imine (C=N–C) groups is 1. The summed E-state index contributed by atoms with van der Waals surface area (Å²) >= 11 is 0. The van der Waals surface area contributed by atoms with Crippen molar-refractivity contribution in [3.63, 3.8) is 0 Å². The second-order valence-corrected chi connectivity index (χ2v) is 4.84. The quantitative estimate of drug-likeness (QED) is 0.629. The van der Waals surface area contributed by atoms with Gasteiger partial charge < -0.3 is 4.74 Å². The van der Waals surface area contributed by atoms with Crippen molar-refractivity contribution in [3.05, 3.63) is 0 Å². The van der Waals surface area contributed by atoms with Crippen LogP contribution in [0.5, 0.6) is 0 Å². The fourth-order valence-electron chi connectivity index (χ4n) is 1.41. The zero-order chi connectivity index (χ0) is 10.6. The van der Waals surface area contributed by atoms with Crippen LogP contribution >= 0.6 is 0 Å². The van der Waals surface area contributed by atoms with Gasteiger partial charge in [0.25, 0.3) is 0 Å². The number of nitrogens with zero attached hydrogens (tertiary/aromatic N) is 2. The summed E-state index contributed by atoms with van der Waals surface area (Å²) in [6.07, 6.45) is 2.06. The van der Waals surface area contributed by atoms with Crippen LogP contribution in [0.1, 0.15) is 27.7 Å². The minimum Gasteiger partial charge on any atom is -0.379 e. The fourth-order valence-corrected chi connectivity index (χ4v) is 1.41. The van der Waals surface area contributed by atoms with E-state index in [1.54, 1.807) is 0 Å². The summed E-state index contributed by atoms with van der Waals surface area (Å²) in [4.78, 5) is 6.93. The number of ether oxygens (including phenoxy) is 1. The highest BCUT2D eigenvalue weighted by atomic mass is 16.5. The van der Waals surface area contributed by atoms with E-state index in [1.165, 1.54) is 0 Å². The molecule has 1 unspecified atom stereocenters. The van der Waals surface area contributed by atoms with Gasteiger partial charge >= 0.3 is 0 Å². The first-order valence-corrected chi connectivity index (χ1v) is 5.36. The van der Waals surface area contributed by atoms with Crippen molar-refractivity contribution in [1.29, 1.82) is 0 Å². The molecule has 1 atom stereocenters. The molecule has 1 fully saturated rings. The molecule has 0 bridgehead atoms. The lowest BCUT2D eigenvalue weighted by Crippen LogP contribution is -2.43. The van der Waals surface area contributed by atoms with Gasteiger partial charge in [-0.25, -0.2) is 0 Å². The zero-order valence-corrected chi connectivity index (χ0v) is 9.79. The van der Waals surface area contributed by atoms with E-state index in [2.05, 4.69) is 43.8 Å². The Morgan fingerprint density at radius 3 is 2.36 bits per heavy atom. The van der Waals surface area contributed by atoms with Crippen LogP contribution in [0, 0.1) is 0 Å². The zero-order valence-electron chi connectivity index (χ0n) is 9.79. The number of rotatable bonds is 2. The van der Waals surface area contributed by atoms with Crippen molar-refractivity contribution in [2.75, 3.05) is 26.3 Å². The molecule has 3 nitrogen and oxygen atoms in total. The molecule has 3 heteroatoms. The molecule has 0 aliphatic carbocycles. The smallest absolute Gasteiger partial charge is 0.0594 e. The normalized spacial score (nSPS) is 22.9. The van der Waals surface area contributed by atoms with Gasteiger partial charge in [-0.2, -0.15) is 0 Å². The van der Waals surface area contributed by atoms with Crippen molar-refractivity contribution in [3.8, 4) is 0 Å². The maximum atomic E-state index is 5.31. The largest absolute Gasteiger partial charge is 0.379 e.